The van der Waals surface area contributed by atoms with Crippen LogP contribution in [-0.4, -0.2) is 47.4 Å². The van der Waals surface area contributed by atoms with Crippen molar-refractivity contribution in [3.8, 4) is 0 Å². The van der Waals surface area contributed by atoms with Gasteiger partial charge in [0.25, 0.3) is 0 Å². The molecule has 0 spiro atoms. The predicted octanol–water partition coefficient (Wildman–Crippen LogP) is 26.9. The van der Waals surface area contributed by atoms with Gasteiger partial charge >= 0.3 is 5.97 Å². The summed E-state index contributed by atoms with van der Waals surface area (Å²) in [5, 5.41) is 23.5. The molecule has 0 aliphatic carbocycles. The molecule has 3 N–H and O–H groups in total. The minimum Gasteiger partial charge on any atom is -0.466 e. The number of esters is 1. The Morgan fingerprint density at radius 1 is 0.276 bits per heavy atom. The fourth-order valence-electron chi connectivity index (χ4n) is 13.5. The molecule has 0 aromatic carbocycles. The van der Waals surface area contributed by atoms with E-state index in [0.29, 0.717) is 25.9 Å². The molecule has 0 radical (unpaired) electrons. The zero-order chi connectivity index (χ0) is 62.8. The zero-order valence-corrected chi connectivity index (χ0v) is 59.8. The van der Waals surface area contributed by atoms with Crippen molar-refractivity contribution in [3.05, 3.63) is 0 Å². The van der Waals surface area contributed by atoms with Crippen LogP contribution >= 0.6 is 0 Å². The summed E-state index contributed by atoms with van der Waals surface area (Å²) in [6.45, 7) is 5.02. The first-order valence-corrected chi connectivity index (χ1v) is 40.8. The van der Waals surface area contributed by atoms with Gasteiger partial charge in [-0.05, 0) is 25.7 Å². The van der Waals surface area contributed by atoms with Gasteiger partial charge in [-0.25, -0.2) is 0 Å². The van der Waals surface area contributed by atoms with Crippen LogP contribution in [0.4, 0.5) is 0 Å². The summed E-state index contributed by atoms with van der Waals surface area (Å²) in [5.74, 6) is 0.00292. The Bertz CT molecular complexity index is 1280. The Morgan fingerprint density at radius 2 is 0.471 bits per heavy atom. The molecule has 2 unspecified atom stereocenters. The van der Waals surface area contributed by atoms with Crippen LogP contribution in [0, 0.1) is 0 Å². The second kappa shape index (κ2) is 77.3. The summed E-state index contributed by atoms with van der Waals surface area (Å²) < 4.78 is 5.50. The highest BCUT2D eigenvalue weighted by Crippen LogP contribution is 2.21. The van der Waals surface area contributed by atoms with E-state index in [4.69, 9.17) is 4.74 Å². The molecule has 520 valence electrons. The van der Waals surface area contributed by atoms with E-state index in [-0.39, 0.29) is 18.5 Å². The van der Waals surface area contributed by atoms with Crippen LogP contribution in [0.1, 0.15) is 483 Å². The first kappa shape index (κ1) is 85.9. The Morgan fingerprint density at radius 3 is 0.701 bits per heavy atom. The minimum absolute atomic E-state index is 0.0235. The average Bonchev–Trinajstić information content (AvgIpc) is 3.53. The molecule has 0 aromatic rings. The summed E-state index contributed by atoms with van der Waals surface area (Å²) in [5.41, 5.74) is 0. The molecule has 0 bridgehead atoms. The smallest absolute Gasteiger partial charge is 0.305 e. The van der Waals surface area contributed by atoms with Crippen molar-refractivity contribution in [3.63, 3.8) is 0 Å². The quantitative estimate of drug-likeness (QED) is 0.0417. The van der Waals surface area contributed by atoms with Crippen molar-refractivity contribution < 1.29 is 24.5 Å². The number of hydrogen-bond acceptors (Lipinski definition) is 5. The first-order valence-electron chi connectivity index (χ1n) is 40.8. The standard InChI is InChI=1S/C81H161NO5/c1-3-5-7-9-11-13-15-17-19-20-21-37-40-43-46-49-53-57-61-65-69-73-79(84)78(77-83)82-80(85)74-70-66-62-58-54-50-47-44-41-38-35-33-31-29-27-25-23-22-24-26-28-30-32-34-36-39-42-45-48-52-56-60-64-68-72-76-87-81(86)75-71-67-63-59-55-51-18-16-14-12-10-8-6-4-2/h78-79,83-84H,3-77H2,1-2H3,(H,82,85). The molecule has 6 nitrogen and oxygen atoms in total. The monoisotopic (exact) mass is 1230 g/mol. The normalized spacial score (nSPS) is 12.4. The molecule has 2 atom stereocenters. The van der Waals surface area contributed by atoms with Crippen LogP contribution < -0.4 is 5.32 Å². The number of carbonyl (C=O) groups is 2. The highest BCUT2D eigenvalue weighted by Gasteiger charge is 2.20. The number of hydrogen-bond donors (Lipinski definition) is 3. The predicted molar refractivity (Wildman–Crippen MR) is 384 cm³/mol. The van der Waals surface area contributed by atoms with Crippen molar-refractivity contribution in [1.82, 2.24) is 5.32 Å². The molecule has 0 aliphatic heterocycles. The Kier molecular flexibility index (Phi) is 76.3. The van der Waals surface area contributed by atoms with Gasteiger partial charge in [0.05, 0.1) is 25.4 Å². The molecule has 6 heteroatoms. The number of nitrogens with one attached hydrogen (secondary N) is 1. The summed E-state index contributed by atoms with van der Waals surface area (Å²) in [6.07, 6.45) is 96.4. The Balaban J connectivity index is 3.30. The van der Waals surface area contributed by atoms with Crippen LogP contribution in [-0.2, 0) is 14.3 Å². The third-order valence-electron chi connectivity index (χ3n) is 19.7. The van der Waals surface area contributed by atoms with E-state index in [1.54, 1.807) is 0 Å². The van der Waals surface area contributed by atoms with Crippen LogP contribution in [0.3, 0.4) is 0 Å². The van der Waals surface area contributed by atoms with Gasteiger partial charge in [-0.15, -0.1) is 0 Å². The van der Waals surface area contributed by atoms with Crippen molar-refractivity contribution in [2.24, 2.45) is 0 Å². The fourth-order valence-corrected chi connectivity index (χ4v) is 13.5. The van der Waals surface area contributed by atoms with Crippen molar-refractivity contribution in [2.45, 2.75) is 495 Å². The number of aliphatic hydroxyl groups excluding tert-OH is 2. The Hall–Kier alpha value is -1.14. The van der Waals surface area contributed by atoms with Crippen molar-refractivity contribution in [2.75, 3.05) is 13.2 Å². The molecule has 0 heterocycles. The SMILES string of the molecule is CCCCCCCCCCCCCCCCCCCCCCCC(O)C(CO)NC(=O)CCCCCCCCCCCCCCCCCCCCCCCCCCCCCCCCCCCCCOC(=O)CCCCCCCCCCCCCCCC. The van der Waals surface area contributed by atoms with Crippen LogP contribution in [0.5, 0.6) is 0 Å². The summed E-state index contributed by atoms with van der Waals surface area (Å²) in [7, 11) is 0. The molecule has 0 saturated heterocycles. The largest absolute Gasteiger partial charge is 0.466 e. The molecule has 1 amide bonds. The maximum Gasteiger partial charge on any atom is 0.305 e. The number of aliphatic hydroxyl groups is 2. The molecular weight excluding hydrogens is 1070 g/mol. The van der Waals surface area contributed by atoms with Gasteiger partial charge in [-0.1, -0.05) is 444 Å². The van der Waals surface area contributed by atoms with E-state index in [2.05, 4.69) is 19.2 Å². The number of carbonyl (C=O) groups excluding carboxylic acids is 2. The molecule has 0 aromatic heterocycles. The van der Waals surface area contributed by atoms with Gasteiger partial charge in [0, 0.05) is 12.8 Å². The molecule has 0 aliphatic rings. The lowest BCUT2D eigenvalue weighted by Crippen LogP contribution is -2.45. The average molecular weight is 1230 g/mol. The highest BCUT2D eigenvalue weighted by molar-refractivity contribution is 5.76. The van der Waals surface area contributed by atoms with Crippen LogP contribution in [0.15, 0.2) is 0 Å². The topological polar surface area (TPSA) is 95.9 Å². The molecule has 0 saturated carbocycles. The van der Waals surface area contributed by atoms with E-state index in [1.807, 2.05) is 0 Å². The van der Waals surface area contributed by atoms with Crippen molar-refractivity contribution >= 4 is 11.9 Å². The van der Waals surface area contributed by atoms with Crippen molar-refractivity contribution in [1.29, 1.82) is 0 Å². The van der Waals surface area contributed by atoms with Gasteiger partial charge < -0.3 is 20.3 Å². The summed E-state index contributed by atoms with van der Waals surface area (Å²) in [6, 6.07) is -0.537. The third kappa shape index (κ3) is 73.8. The number of ether oxygens (including phenoxy) is 1. The molecule has 0 fully saturated rings. The van der Waals surface area contributed by atoms with E-state index >= 15 is 0 Å². The van der Waals surface area contributed by atoms with E-state index in [0.717, 1.165) is 38.5 Å². The lowest BCUT2D eigenvalue weighted by atomic mass is 10.0. The maximum absolute atomic E-state index is 12.6. The summed E-state index contributed by atoms with van der Waals surface area (Å²) >= 11 is 0. The second-order valence-corrected chi connectivity index (χ2v) is 28.5. The van der Waals surface area contributed by atoms with Gasteiger partial charge in [0.1, 0.15) is 0 Å². The van der Waals surface area contributed by atoms with Gasteiger partial charge in [-0.2, -0.15) is 0 Å². The lowest BCUT2D eigenvalue weighted by Gasteiger charge is -2.22. The van der Waals surface area contributed by atoms with Gasteiger partial charge in [0.2, 0.25) is 5.91 Å². The fraction of sp³-hybridized carbons (Fsp3) is 0.975. The Labute approximate surface area is 547 Å². The molecule has 0 rings (SSSR count). The van der Waals surface area contributed by atoms with Gasteiger partial charge in [-0.3, -0.25) is 9.59 Å². The van der Waals surface area contributed by atoms with Crippen LogP contribution in [0.2, 0.25) is 0 Å². The first-order chi connectivity index (χ1) is 43.0. The maximum atomic E-state index is 12.6. The van der Waals surface area contributed by atoms with Gasteiger partial charge in [0.15, 0.2) is 0 Å². The van der Waals surface area contributed by atoms with E-state index < -0.39 is 12.1 Å². The minimum atomic E-state index is -0.661. The molecular formula is C81H161NO5. The van der Waals surface area contributed by atoms with Crippen LogP contribution in [0.25, 0.3) is 0 Å². The number of rotatable bonds is 78. The highest BCUT2D eigenvalue weighted by atomic mass is 16.5. The second-order valence-electron chi connectivity index (χ2n) is 28.5. The lowest BCUT2D eigenvalue weighted by molar-refractivity contribution is -0.143. The number of unbranched alkanes of at least 4 members (excludes halogenated alkanes) is 67. The van der Waals surface area contributed by atoms with E-state index in [9.17, 15) is 19.8 Å². The van der Waals surface area contributed by atoms with E-state index in [1.165, 1.54) is 411 Å². The molecule has 87 heavy (non-hydrogen) atoms. The summed E-state index contributed by atoms with van der Waals surface area (Å²) in [4.78, 5) is 24.6. The third-order valence-corrected chi connectivity index (χ3v) is 19.7. The number of amides is 1. The zero-order valence-electron chi connectivity index (χ0n) is 59.8.